The molecule has 1 aliphatic heterocycles. The van der Waals surface area contributed by atoms with Gasteiger partial charge in [0.2, 0.25) is 0 Å². The van der Waals surface area contributed by atoms with Crippen molar-refractivity contribution in [3.63, 3.8) is 0 Å². The van der Waals surface area contributed by atoms with Crippen molar-refractivity contribution in [2.45, 2.75) is 20.3 Å². The zero-order valence-electron chi connectivity index (χ0n) is 16.3. The minimum absolute atomic E-state index is 0.0255. The number of hydrogen-bond donors (Lipinski definition) is 0. The molecule has 1 fully saturated rings. The van der Waals surface area contributed by atoms with Crippen LogP contribution < -0.4 is 9.47 Å². The summed E-state index contributed by atoms with van der Waals surface area (Å²) in [5.74, 6) is 1.52. The zero-order valence-corrected chi connectivity index (χ0v) is 17.2. The number of amides is 1. The van der Waals surface area contributed by atoms with E-state index < -0.39 is 0 Å². The number of ether oxygens (including phenoxy) is 2. The van der Waals surface area contributed by atoms with Crippen molar-refractivity contribution in [1.29, 1.82) is 0 Å². The minimum atomic E-state index is -0.0255. The van der Waals surface area contributed by atoms with Crippen molar-refractivity contribution >= 4 is 34.6 Å². The summed E-state index contributed by atoms with van der Waals surface area (Å²) in [6.07, 6.45) is 2.73. The molecule has 0 N–H and O–H groups in total. The second-order valence-corrected chi connectivity index (χ2v) is 7.14. The normalized spacial score (nSPS) is 16.8. The van der Waals surface area contributed by atoms with Crippen molar-refractivity contribution < 1.29 is 14.3 Å². The SMILES string of the molecule is CCCN1C(=O)/C(=C\c2ccccc2OC)SC1=Nc1ccc(OCC)cc1. The van der Waals surface area contributed by atoms with Gasteiger partial charge in [0.1, 0.15) is 11.5 Å². The highest BCUT2D eigenvalue weighted by atomic mass is 32.2. The molecule has 0 bridgehead atoms. The molecule has 6 heteroatoms. The molecule has 1 aliphatic rings. The van der Waals surface area contributed by atoms with Crippen molar-refractivity contribution in [2.75, 3.05) is 20.3 Å². The molecule has 1 heterocycles. The predicted octanol–water partition coefficient (Wildman–Crippen LogP) is 5.11. The van der Waals surface area contributed by atoms with Crippen LogP contribution in [0.1, 0.15) is 25.8 Å². The van der Waals surface area contributed by atoms with Crippen LogP contribution in [0.5, 0.6) is 11.5 Å². The first-order chi connectivity index (χ1) is 13.7. The number of amidine groups is 1. The molecule has 0 aromatic heterocycles. The van der Waals surface area contributed by atoms with E-state index in [4.69, 9.17) is 14.5 Å². The van der Waals surface area contributed by atoms with Gasteiger partial charge in [0.25, 0.3) is 5.91 Å². The van der Waals surface area contributed by atoms with Crippen molar-refractivity contribution in [3.8, 4) is 11.5 Å². The Hall–Kier alpha value is -2.73. The van der Waals surface area contributed by atoms with E-state index in [1.54, 1.807) is 12.0 Å². The Kier molecular flexibility index (Phi) is 6.76. The molecule has 146 valence electrons. The minimum Gasteiger partial charge on any atom is -0.496 e. The Morgan fingerprint density at radius 3 is 2.54 bits per heavy atom. The summed E-state index contributed by atoms with van der Waals surface area (Å²) in [5, 5.41) is 0.692. The van der Waals surface area contributed by atoms with Gasteiger partial charge in [-0.2, -0.15) is 0 Å². The molecule has 5 nitrogen and oxygen atoms in total. The topological polar surface area (TPSA) is 51.1 Å². The number of para-hydroxylation sites is 1. The van der Waals surface area contributed by atoms with E-state index in [-0.39, 0.29) is 5.91 Å². The summed E-state index contributed by atoms with van der Waals surface area (Å²) >= 11 is 1.39. The van der Waals surface area contributed by atoms with Gasteiger partial charge < -0.3 is 9.47 Å². The maximum atomic E-state index is 12.9. The van der Waals surface area contributed by atoms with Crippen LogP contribution in [0, 0.1) is 0 Å². The summed E-state index contributed by atoms with van der Waals surface area (Å²) < 4.78 is 10.9. The standard InChI is InChI=1S/C22H24N2O3S/c1-4-14-24-21(25)20(15-16-8-6-7-9-19(16)26-3)28-22(24)23-17-10-12-18(13-11-17)27-5-2/h6-13,15H,4-5,14H2,1-3H3/b20-15+,23-22?. The third kappa shape index (κ3) is 4.57. The Balaban J connectivity index is 1.90. The van der Waals surface area contributed by atoms with Crippen molar-refractivity contribution in [2.24, 2.45) is 4.99 Å². The van der Waals surface area contributed by atoms with Crippen LogP contribution in [0.25, 0.3) is 6.08 Å². The van der Waals surface area contributed by atoms with Crippen LogP contribution in [0.2, 0.25) is 0 Å². The Morgan fingerprint density at radius 2 is 1.86 bits per heavy atom. The van der Waals surface area contributed by atoms with Crippen LogP contribution in [-0.2, 0) is 4.79 Å². The van der Waals surface area contributed by atoms with E-state index in [1.165, 1.54) is 11.8 Å². The molecule has 0 aliphatic carbocycles. The molecule has 0 atom stereocenters. The average molecular weight is 397 g/mol. The van der Waals surface area contributed by atoms with E-state index in [9.17, 15) is 4.79 Å². The molecule has 0 saturated carbocycles. The molecular formula is C22H24N2O3S. The summed E-state index contributed by atoms with van der Waals surface area (Å²) in [6, 6.07) is 15.2. The van der Waals surface area contributed by atoms with Gasteiger partial charge in [0.15, 0.2) is 5.17 Å². The lowest BCUT2D eigenvalue weighted by Crippen LogP contribution is -2.29. The first-order valence-electron chi connectivity index (χ1n) is 9.32. The fourth-order valence-corrected chi connectivity index (χ4v) is 3.85. The number of carbonyl (C=O) groups excluding carboxylic acids is 1. The number of nitrogens with zero attached hydrogens (tertiary/aromatic N) is 2. The van der Waals surface area contributed by atoms with E-state index in [2.05, 4.69) is 0 Å². The van der Waals surface area contributed by atoms with E-state index in [0.29, 0.717) is 23.2 Å². The van der Waals surface area contributed by atoms with Crippen LogP contribution >= 0.6 is 11.8 Å². The highest BCUT2D eigenvalue weighted by Gasteiger charge is 2.32. The van der Waals surface area contributed by atoms with Crippen LogP contribution in [0.3, 0.4) is 0 Å². The Bertz CT molecular complexity index is 891. The summed E-state index contributed by atoms with van der Waals surface area (Å²) in [6.45, 7) is 5.26. The van der Waals surface area contributed by atoms with Crippen LogP contribution in [0.15, 0.2) is 58.4 Å². The number of methoxy groups -OCH3 is 1. The zero-order chi connectivity index (χ0) is 19.9. The van der Waals surface area contributed by atoms with Gasteiger partial charge in [0.05, 0.1) is 24.3 Å². The molecule has 2 aromatic carbocycles. The second kappa shape index (κ2) is 9.46. The molecule has 0 radical (unpaired) electrons. The number of aliphatic imine (C=N–C) groups is 1. The van der Waals surface area contributed by atoms with E-state index in [0.717, 1.165) is 29.2 Å². The summed E-state index contributed by atoms with van der Waals surface area (Å²) in [4.78, 5) is 20.0. The van der Waals surface area contributed by atoms with Gasteiger partial charge >= 0.3 is 0 Å². The first-order valence-corrected chi connectivity index (χ1v) is 10.1. The van der Waals surface area contributed by atoms with Gasteiger partial charge in [-0.05, 0) is 61.5 Å². The maximum absolute atomic E-state index is 12.9. The summed E-state index contributed by atoms with van der Waals surface area (Å²) in [5.41, 5.74) is 1.66. The van der Waals surface area contributed by atoms with Gasteiger partial charge in [-0.3, -0.25) is 9.69 Å². The molecule has 3 rings (SSSR count). The quantitative estimate of drug-likeness (QED) is 0.611. The molecular weight excluding hydrogens is 372 g/mol. The Morgan fingerprint density at radius 1 is 1.11 bits per heavy atom. The Labute approximate surface area is 170 Å². The lowest BCUT2D eigenvalue weighted by atomic mass is 10.2. The van der Waals surface area contributed by atoms with Crippen molar-refractivity contribution in [1.82, 2.24) is 4.90 Å². The van der Waals surface area contributed by atoms with Gasteiger partial charge in [0, 0.05) is 12.1 Å². The van der Waals surface area contributed by atoms with Crippen molar-refractivity contribution in [3.05, 3.63) is 59.0 Å². The first kappa shape index (κ1) is 20.0. The average Bonchev–Trinajstić information content (AvgIpc) is 2.99. The van der Waals surface area contributed by atoms with E-state index in [1.807, 2.05) is 68.5 Å². The molecule has 2 aromatic rings. The third-order valence-corrected chi connectivity index (χ3v) is 5.14. The fourth-order valence-electron chi connectivity index (χ4n) is 2.83. The molecule has 0 spiro atoms. The summed E-state index contributed by atoms with van der Waals surface area (Å²) in [7, 11) is 1.63. The smallest absolute Gasteiger partial charge is 0.266 e. The number of thioether (sulfide) groups is 1. The highest BCUT2D eigenvalue weighted by Crippen LogP contribution is 2.35. The molecule has 28 heavy (non-hydrogen) atoms. The van der Waals surface area contributed by atoms with Crippen LogP contribution in [0.4, 0.5) is 5.69 Å². The van der Waals surface area contributed by atoms with Gasteiger partial charge in [-0.15, -0.1) is 0 Å². The van der Waals surface area contributed by atoms with Gasteiger partial charge in [-0.25, -0.2) is 4.99 Å². The monoisotopic (exact) mass is 396 g/mol. The largest absolute Gasteiger partial charge is 0.496 e. The number of rotatable bonds is 7. The third-order valence-electron chi connectivity index (χ3n) is 4.13. The van der Waals surface area contributed by atoms with Gasteiger partial charge in [-0.1, -0.05) is 25.1 Å². The van der Waals surface area contributed by atoms with E-state index >= 15 is 0 Å². The number of hydrogen-bond acceptors (Lipinski definition) is 5. The predicted molar refractivity (Wildman–Crippen MR) is 115 cm³/mol. The molecule has 0 unspecified atom stereocenters. The number of benzene rings is 2. The van der Waals surface area contributed by atoms with Crippen LogP contribution in [-0.4, -0.2) is 36.2 Å². The molecule has 1 saturated heterocycles. The number of carbonyl (C=O) groups is 1. The lowest BCUT2D eigenvalue weighted by Gasteiger charge is -2.14. The highest BCUT2D eigenvalue weighted by molar-refractivity contribution is 8.18. The maximum Gasteiger partial charge on any atom is 0.266 e. The molecule has 1 amide bonds. The lowest BCUT2D eigenvalue weighted by molar-refractivity contribution is -0.122. The fraction of sp³-hybridized carbons (Fsp3) is 0.273. The second-order valence-electron chi connectivity index (χ2n) is 6.13.